The maximum Gasteiger partial charge on any atom is 0.416 e. The average Bonchev–Trinajstić information content (AvgIpc) is 2.95. The molecule has 0 aromatic heterocycles. The van der Waals surface area contributed by atoms with Crippen molar-refractivity contribution in [2.24, 2.45) is 5.41 Å². The summed E-state index contributed by atoms with van der Waals surface area (Å²) in [6.07, 6.45) is -4.89. The van der Waals surface area contributed by atoms with Gasteiger partial charge in [0.2, 0.25) is 5.91 Å². The van der Waals surface area contributed by atoms with Gasteiger partial charge in [0.1, 0.15) is 5.75 Å². The van der Waals surface area contributed by atoms with Gasteiger partial charge in [0.05, 0.1) is 24.4 Å². The molecule has 0 aliphatic carbocycles. The summed E-state index contributed by atoms with van der Waals surface area (Å²) >= 11 is 0. The fraction of sp³-hybridized carbons (Fsp3) is 0.276. The van der Waals surface area contributed by atoms with Crippen LogP contribution in [0.5, 0.6) is 5.75 Å². The Labute approximate surface area is 227 Å². The lowest BCUT2D eigenvalue weighted by molar-refractivity contribution is -0.144. The van der Waals surface area contributed by atoms with E-state index in [9.17, 15) is 27.6 Å². The van der Waals surface area contributed by atoms with Crippen molar-refractivity contribution in [3.05, 3.63) is 83.9 Å². The van der Waals surface area contributed by atoms with Gasteiger partial charge in [0, 0.05) is 31.0 Å². The third-order valence-corrected chi connectivity index (χ3v) is 8.00. The second-order valence-corrected chi connectivity index (χ2v) is 10.1. The molecule has 3 aliphatic rings. The van der Waals surface area contributed by atoms with Crippen LogP contribution in [0.25, 0.3) is 0 Å². The Balaban J connectivity index is 1.49. The number of carbonyl (C=O) groups excluding carboxylic acids is 3. The number of imide groups is 2. The number of nitrogens with one attached hydrogen (secondary N) is 1. The van der Waals surface area contributed by atoms with Gasteiger partial charge in [-0.25, -0.2) is 9.69 Å². The van der Waals surface area contributed by atoms with Crippen LogP contribution in [-0.4, -0.2) is 50.6 Å². The predicted molar refractivity (Wildman–Crippen MR) is 141 cm³/mol. The first-order valence-electron chi connectivity index (χ1n) is 12.7. The van der Waals surface area contributed by atoms with Crippen molar-refractivity contribution in [3.63, 3.8) is 0 Å². The largest absolute Gasteiger partial charge is 0.497 e. The molecule has 3 aromatic carbocycles. The zero-order valence-corrected chi connectivity index (χ0v) is 21.4. The molecule has 40 heavy (non-hydrogen) atoms. The number of amides is 4. The minimum absolute atomic E-state index is 0.215. The fourth-order valence-corrected chi connectivity index (χ4v) is 6.04. The number of rotatable bonds is 3. The Kier molecular flexibility index (Phi) is 5.97. The predicted octanol–water partition coefficient (Wildman–Crippen LogP) is 4.23. The molecule has 0 saturated carbocycles. The van der Waals surface area contributed by atoms with Crippen molar-refractivity contribution in [3.8, 4) is 5.75 Å². The van der Waals surface area contributed by atoms with E-state index >= 15 is 0 Å². The fourth-order valence-electron chi connectivity index (χ4n) is 6.04. The van der Waals surface area contributed by atoms with E-state index in [0.717, 1.165) is 22.7 Å². The number of carbonyl (C=O) groups is 3. The molecule has 1 N–H and O–H groups in total. The van der Waals surface area contributed by atoms with Crippen LogP contribution in [0.4, 0.5) is 35.0 Å². The summed E-state index contributed by atoms with van der Waals surface area (Å²) < 4.78 is 46.2. The number of nitrogens with zero attached hydrogens (tertiary/aromatic N) is 3. The maximum atomic E-state index is 14.4. The summed E-state index contributed by atoms with van der Waals surface area (Å²) in [7, 11) is 1.48. The quantitative estimate of drug-likeness (QED) is 0.492. The van der Waals surface area contributed by atoms with E-state index in [1.54, 1.807) is 12.1 Å². The summed E-state index contributed by atoms with van der Waals surface area (Å²) in [5.41, 5.74) is -0.848. The van der Waals surface area contributed by atoms with E-state index < -0.39 is 41.0 Å². The molecular weight excluding hydrogens is 525 g/mol. The number of ether oxygens (including phenoxy) is 1. The molecule has 206 valence electrons. The molecule has 0 bridgehead atoms. The Morgan fingerprint density at radius 1 is 0.925 bits per heavy atom. The summed E-state index contributed by atoms with van der Waals surface area (Å²) in [4.78, 5) is 46.0. The van der Waals surface area contributed by atoms with Gasteiger partial charge in [-0.3, -0.25) is 14.9 Å². The first kappa shape index (κ1) is 25.7. The molecule has 3 aliphatic heterocycles. The van der Waals surface area contributed by atoms with E-state index in [1.165, 1.54) is 25.3 Å². The number of benzene rings is 3. The standard InChI is InChI=1S/C29H25F3N4O4/c1-40-22-10-8-21(9-11-22)36-26(38)28(25(37)33-27(36)39)16-18-15-19(29(30,31)32)7-12-23(18)35-14-13-34(17-24(28)35)20-5-3-2-4-6-20/h2-12,15,24H,13-14,16-17H2,1H3,(H,33,37,39)/t24-,28+/m1/s1. The second-order valence-electron chi connectivity index (χ2n) is 10.1. The van der Waals surface area contributed by atoms with Crippen molar-refractivity contribution in [2.45, 2.75) is 18.6 Å². The van der Waals surface area contributed by atoms with Gasteiger partial charge < -0.3 is 14.5 Å². The van der Waals surface area contributed by atoms with Crippen molar-refractivity contribution < 1.29 is 32.3 Å². The van der Waals surface area contributed by atoms with Crippen LogP contribution in [0.15, 0.2) is 72.8 Å². The van der Waals surface area contributed by atoms with Crippen LogP contribution in [0.1, 0.15) is 11.1 Å². The molecule has 2 atom stereocenters. The number of urea groups is 1. The SMILES string of the molecule is COc1ccc(N2C(=O)NC(=O)[C@@]3(Cc4cc(C(F)(F)F)ccc4N4CCN(c5ccccc5)C[C@@H]43)C2=O)cc1. The van der Waals surface area contributed by atoms with E-state index in [1.807, 2.05) is 40.1 Å². The number of fused-ring (bicyclic) bond motifs is 4. The van der Waals surface area contributed by atoms with Gasteiger partial charge in [0.15, 0.2) is 5.41 Å². The number of alkyl halides is 3. The number of para-hydroxylation sites is 1. The van der Waals surface area contributed by atoms with Crippen molar-refractivity contribution in [1.82, 2.24) is 5.32 Å². The van der Waals surface area contributed by atoms with Crippen LogP contribution in [-0.2, 0) is 22.2 Å². The van der Waals surface area contributed by atoms with Crippen LogP contribution < -0.4 is 24.8 Å². The highest BCUT2D eigenvalue weighted by Crippen LogP contribution is 2.48. The Hall–Kier alpha value is -4.54. The van der Waals surface area contributed by atoms with Gasteiger partial charge in [-0.1, -0.05) is 18.2 Å². The highest BCUT2D eigenvalue weighted by molar-refractivity contribution is 6.30. The van der Waals surface area contributed by atoms with E-state index in [2.05, 4.69) is 5.32 Å². The monoisotopic (exact) mass is 550 g/mol. The highest BCUT2D eigenvalue weighted by atomic mass is 19.4. The number of piperazine rings is 1. The first-order valence-corrected chi connectivity index (χ1v) is 12.7. The summed E-state index contributed by atoms with van der Waals surface area (Å²) in [5, 5.41) is 2.34. The lowest BCUT2D eigenvalue weighted by atomic mass is 9.67. The number of halogens is 3. The number of hydrogen-bond acceptors (Lipinski definition) is 6. The zero-order chi connectivity index (χ0) is 28.2. The zero-order valence-electron chi connectivity index (χ0n) is 21.4. The number of methoxy groups -OCH3 is 1. The third-order valence-electron chi connectivity index (χ3n) is 8.00. The molecule has 11 heteroatoms. The molecule has 6 rings (SSSR count). The van der Waals surface area contributed by atoms with Crippen LogP contribution in [0, 0.1) is 5.41 Å². The number of hydrogen-bond donors (Lipinski definition) is 1. The van der Waals surface area contributed by atoms with Gasteiger partial charge >= 0.3 is 12.2 Å². The topological polar surface area (TPSA) is 82.2 Å². The third kappa shape index (κ3) is 3.95. The highest BCUT2D eigenvalue weighted by Gasteiger charge is 2.63. The molecule has 2 fully saturated rings. The average molecular weight is 551 g/mol. The van der Waals surface area contributed by atoms with Gasteiger partial charge in [0.25, 0.3) is 5.91 Å². The molecule has 8 nitrogen and oxygen atoms in total. The molecule has 3 heterocycles. The minimum Gasteiger partial charge on any atom is -0.497 e. The van der Waals surface area contributed by atoms with Crippen molar-refractivity contribution in [2.75, 3.05) is 41.4 Å². The maximum absolute atomic E-state index is 14.4. The summed E-state index contributed by atoms with van der Waals surface area (Å²) in [6.45, 7) is 1.12. The van der Waals surface area contributed by atoms with E-state index in [4.69, 9.17) is 4.74 Å². The second kappa shape index (κ2) is 9.29. The smallest absolute Gasteiger partial charge is 0.416 e. The molecule has 0 unspecified atom stereocenters. The Morgan fingerprint density at radius 3 is 2.33 bits per heavy atom. The summed E-state index contributed by atoms with van der Waals surface area (Å²) in [6, 6.07) is 17.5. The van der Waals surface area contributed by atoms with E-state index in [-0.39, 0.29) is 24.2 Å². The van der Waals surface area contributed by atoms with Gasteiger partial charge in [-0.05, 0) is 66.6 Å². The van der Waals surface area contributed by atoms with E-state index in [0.29, 0.717) is 24.5 Å². The number of anilines is 3. The minimum atomic E-state index is -4.60. The Bertz CT molecular complexity index is 1500. The molecule has 4 amide bonds. The molecule has 2 saturated heterocycles. The van der Waals surface area contributed by atoms with Crippen LogP contribution >= 0.6 is 0 Å². The first-order chi connectivity index (χ1) is 19.1. The van der Waals surface area contributed by atoms with Gasteiger partial charge in [-0.2, -0.15) is 13.2 Å². The molecular formula is C29H25F3N4O4. The van der Waals surface area contributed by atoms with Gasteiger partial charge in [-0.15, -0.1) is 0 Å². The van der Waals surface area contributed by atoms with Crippen LogP contribution in [0.3, 0.4) is 0 Å². The van der Waals surface area contributed by atoms with Crippen molar-refractivity contribution in [1.29, 1.82) is 0 Å². The lowest BCUT2D eigenvalue weighted by Gasteiger charge is -2.55. The Morgan fingerprint density at radius 2 is 1.65 bits per heavy atom. The van der Waals surface area contributed by atoms with Crippen LogP contribution in [0.2, 0.25) is 0 Å². The van der Waals surface area contributed by atoms with Crippen molar-refractivity contribution >= 4 is 34.9 Å². The number of barbiturate groups is 1. The molecule has 3 aromatic rings. The summed E-state index contributed by atoms with van der Waals surface area (Å²) in [5.74, 6) is -1.10. The normalized spacial score (nSPS) is 22.6. The lowest BCUT2D eigenvalue weighted by Crippen LogP contribution is -2.75. The molecule has 1 spiro atoms. The molecule has 0 radical (unpaired) electrons.